The molecule has 1 aromatic carbocycles. The van der Waals surface area contributed by atoms with Crippen molar-refractivity contribution in [3.05, 3.63) is 35.4 Å². The minimum atomic E-state index is -0.207. The zero-order chi connectivity index (χ0) is 22.1. The largest absolute Gasteiger partial charge is 0.450 e. The van der Waals surface area contributed by atoms with E-state index in [0.717, 1.165) is 57.9 Å². The number of ether oxygens (including phenoxy) is 2. The van der Waals surface area contributed by atoms with Gasteiger partial charge in [-0.05, 0) is 57.6 Å². The van der Waals surface area contributed by atoms with Crippen LogP contribution in [0, 0.1) is 6.92 Å². The Morgan fingerprint density at radius 1 is 1.22 bits per heavy atom. The molecule has 2 fully saturated rings. The maximum absolute atomic E-state index is 11.9. The molecule has 0 bridgehead atoms. The van der Waals surface area contributed by atoms with Crippen LogP contribution in [0.25, 0.3) is 0 Å². The van der Waals surface area contributed by atoms with Gasteiger partial charge in [0.05, 0.1) is 13.2 Å². The molecule has 180 valence electrons. The van der Waals surface area contributed by atoms with Gasteiger partial charge in [0.15, 0.2) is 5.96 Å². The van der Waals surface area contributed by atoms with E-state index < -0.39 is 0 Å². The third kappa shape index (κ3) is 6.97. The number of nitrogens with zero attached hydrogens (tertiary/aromatic N) is 2. The fraction of sp³-hybridized carbons (Fsp3) is 0.667. The molecule has 8 heteroatoms. The van der Waals surface area contributed by atoms with Gasteiger partial charge in [-0.15, -0.1) is 24.0 Å². The predicted molar refractivity (Wildman–Crippen MR) is 139 cm³/mol. The van der Waals surface area contributed by atoms with Crippen LogP contribution in [-0.4, -0.2) is 69.0 Å². The molecule has 7 nitrogen and oxygen atoms in total. The van der Waals surface area contributed by atoms with Crippen LogP contribution in [0.5, 0.6) is 0 Å². The predicted octanol–water partition coefficient (Wildman–Crippen LogP) is 3.84. The van der Waals surface area contributed by atoms with Crippen LogP contribution in [0.15, 0.2) is 29.3 Å². The van der Waals surface area contributed by atoms with Gasteiger partial charge in [0.1, 0.15) is 0 Å². The van der Waals surface area contributed by atoms with Crippen LogP contribution < -0.4 is 10.6 Å². The first-order chi connectivity index (χ1) is 15.1. The summed E-state index contributed by atoms with van der Waals surface area (Å²) in [5.74, 6) is 0.858. The maximum atomic E-state index is 11.9. The molecule has 2 aliphatic heterocycles. The number of benzene rings is 1. The van der Waals surface area contributed by atoms with Crippen molar-refractivity contribution < 1.29 is 14.3 Å². The Hall–Kier alpha value is -1.55. The third-order valence-corrected chi connectivity index (χ3v) is 6.41. The highest BCUT2D eigenvalue weighted by Crippen LogP contribution is 2.37. The van der Waals surface area contributed by atoms with Crippen molar-refractivity contribution in [2.24, 2.45) is 4.99 Å². The fourth-order valence-corrected chi connectivity index (χ4v) is 4.61. The number of piperidine rings is 1. The first-order valence-electron chi connectivity index (χ1n) is 11.7. The van der Waals surface area contributed by atoms with Gasteiger partial charge in [0, 0.05) is 44.3 Å². The van der Waals surface area contributed by atoms with Gasteiger partial charge >= 0.3 is 6.09 Å². The number of halogens is 1. The molecule has 0 atom stereocenters. The van der Waals surface area contributed by atoms with Gasteiger partial charge < -0.3 is 25.0 Å². The minimum Gasteiger partial charge on any atom is -0.450 e. The summed E-state index contributed by atoms with van der Waals surface area (Å²) in [6, 6.07) is 8.97. The lowest BCUT2D eigenvalue weighted by Crippen LogP contribution is -2.50. The van der Waals surface area contributed by atoms with Crippen LogP contribution in [0.4, 0.5) is 4.79 Å². The number of hydrogen-bond acceptors (Lipinski definition) is 4. The highest BCUT2D eigenvalue weighted by atomic mass is 127. The van der Waals surface area contributed by atoms with E-state index in [2.05, 4.69) is 48.7 Å². The van der Waals surface area contributed by atoms with Gasteiger partial charge in [-0.25, -0.2) is 4.79 Å². The maximum Gasteiger partial charge on any atom is 0.409 e. The SMILES string of the molecule is CCNC(=NCC1(c2ccccc2C)CCOCC1)NC1CCN(C(=O)OCC)CC1.I. The Labute approximate surface area is 209 Å². The smallest absolute Gasteiger partial charge is 0.409 e. The Morgan fingerprint density at radius 2 is 1.91 bits per heavy atom. The zero-order valence-corrected chi connectivity index (χ0v) is 22.0. The molecule has 32 heavy (non-hydrogen) atoms. The summed E-state index contributed by atoms with van der Waals surface area (Å²) in [4.78, 5) is 18.8. The Bertz CT molecular complexity index is 745. The summed E-state index contributed by atoms with van der Waals surface area (Å²) in [6.07, 6.45) is 3.54. The number of carbonyl (C=O) groups excluding carboxylic acids is 1. The molecule has 0 aliphatic carbocycles. The van der Waals surface area contributed by atoms with E-state index in [1.54, 1.807) is 4.90 Å². The van der Waals surface area contributed by atoms with Crippen molar-refractivity contribution >= 4 is 36.0 Å². The molecule has 0 unspecified atom stereocenters. The number of nitrogens with one attached hydrogen (secondary N) is 2. The Balaban J connectivity index is 0.00000363. The van der Waals surface area contributed by atoms with E-state index in [1.807, 2.05) is 6.92 Å². The second-order valence-electron chi connectivity index (χ2n) is 8.51. The Morgan fingerprint density at radius 3 is 2.53 bits per heavy atom. The van der Waals surface area contributed by atoms with Crippen molar-refractivity contribution in [2.45, 2.75) is 57.9 Å². The summed E-state index contributed by atoms with van der Waals surface area (Å²) < 4.78 is 10.8. The lowest BCUT2D eigenvalue weighted by molar-refractivity contribution is 0.0528. The number of rotatable bonds is 6. The number of likely N-dealkylation sites (tertiary alicyclic amines) is 1. The standard InChI is InChI=1S/C24H38N4O3.HI/c1-4-25-22(27-20-10-14-28(15-11-20)23(29)31-5-2)26-18-24(12-16-30-17-13-24)21-9-7-6-8-19(21)3;/h6-9,20H,4-5,10-18H2,1-3H3,(H2,25,26,27);1H. The molecule has 2 aliphatic rings. The number of hydrogen-bond donors (Lipinski definition) is 2. The highest BCUT2D eigenvalue weighted by Gasteiger charge is 2.35. The Kier molecular flexibility index (Phi) is 11.0. The van der Waals surface area contributed by atoms with Gasteiger partial charge in [-0.3, -0.25) is 4.99 Å². The summed E-state index contributed by atoms with van der Waals surface area (Å²) in [5.41, 5.74) is 2.73. The summed E-state index contributed by atoms with van der Waals surface area (Å²) in [6.45, 7) is 11.1. The van der Waals surface area contributed by atoms with E-state index in [1.165, 1.54) is 11.1 Å². The van der Waals surface area contributed by atoms with Crippen molar-refractivity contribution in [1.29, 1.82) is 0 Å². The molecule has 0 spiro atoms. The molecule has 1 amide bonds. The number of guanidine groups is 1. The molecular weight excluding hydrogens is 519 g/mol. The van der Waals surface area contributed by atoms with Crippen LogP contribution >= 0.6 is 24.0 Å². The molecule has 0 saturated carbocycles. The molecular formula is C24H39IN4O3. The lowest BCUT2D eigenvalue weighted by Gasteiger charge is -2.38. The number of aryl methyl sites for hydroxylation is 1. The number of aliphatic imine (C=N–C) groups is 1. The highest BCUT2D eigenvalue weighted by molar-refractivity contribution is 14.0. The van der Waals surface area contributed by atoms with E-state index in [9.17, 15) is 4.79 Å². The van der Waals surface area contributed by atoms with E-state index >= 15 is 0 Å². The molecule has 2 N–H and O–H groups in total. The molecule has 2 heterocycles. The van der Waals surface area contributed by atoms with Gasteiger partial charge in [-0.2, -0.15) is 0 Å². The monoisotopic (exact) mass is 558 g/mol. The average Bonchev–Trinajstić information content (AvgIpc) is 2.79. The normalized spacial score (nSPS) is 19.1. The van der Waals surface area contributed by atoms with Crippen LogP contribution in [-0.2, 0) is 14.9 Å². The average molecular weight is 559 g/mol. The van der Waals surface area contributed by atoms with Crippen molar-refractivity contribution in [1.82, 2.24) is 15.5 Å². The molecule has 0 radical (unpaired) electrons. The van der Waals surface area contributed by atoms with E-state index in [0.29, 0.717) is 25.7 Å². The second kappa shape index (κ2) is 13.2. The summed E-state index contributed by atoms with van der Waals surface area (Å²) in [5, 5.41) is 7.01. The second-order valence-corrected chi connectivity index (χ2v) is 8.51. The van der Waals surface area contributed by atoms with E-state index in [-0.39, 0.29) is 35.5 Å². The summed E-state index contributed by atoms with van der Waals surface area (Å²) >= 11 is 0. The van der Waals surface area contributed by atoms with Crippen molar-refractivity contribution in [2.75, 3.05) is 46.0 Å². The third-order valence-electron chi connectivity index (χ3n) is 6.41. The quantitative estimate of drug-likeness (QED) is 0.316. The number of amides is 1. The molecule has 3 rings (SSSR count). The van der Waals surface area contributed by atoms with Gasteiger partial charge in [0.2, 0.25) is 0 Å². The van der Waals surface area contributed by atoms with Crippen LogP contribution in [0.1, 0.15) is 50.7 Å². The minimum absolute atomic E-state index is 0. The van der Waals surface area contributed by atoms with Crippen LogP contribution in [0.2, 0.25) is 0 Å². The van der Waals surface area contributed by atoms with E-state index in [4.69, 9.17) is 14.5 Å². The van der Waals surface area contributed by atoms with Crippen molar-refractivity contribution in [3.8, 4) is 0 Å². The van der Waals surface area contributed by atoms with Crippen LogP contribution in [0.3, 0.4) is 0 Å². The molecule has 0 aromatic heterocycles. The first kappa shape index (κ1) is 26.7. The fourth-order valence-electron chi connectivity index (χ4n) is 4.61. The lowest BCUT2D eigenvalue weighted by atomic mass is 9.72. The topological polar surface area (TPSA) is 75.2 Å². The number of carbonyl (C=O) groups is 1. The molecule has 2 saturated heterocycles. The summed E-state index contributed by atoms with van der Waals surface area (Å²) in [7, 11) is 0. The van der Waals surface area contributed by atoms with Gasteiger partial charge in [0.25, 0.3) is 0 Å². The first-order valence-corrected chi connectivity index (χ1v) is 11.7. The zero-order valence-electron chi connectivity index (χ0n) is 19.7. The molecule has 1 aromatic rings. The van der Waals surface area contributed by atoms with Gasteiger partial charge in [-0.1, -0.05) is 24.3 Å². The van der Waals surface area contributed by atoms with Crippen molar-refractivity contribution in [3.63, 3.8) is 0 Å².